The molecule has 2 aromatic rings. The van der Waals surface area contributed by atoms with Gasteiger partial charge in [-0.25, -0.2) is 0 Å². The molecule has 0 bridgehead atoms. The molecule has 5 rings (SSSR count). The van der Waals surface area contributed by atoms with E-state index in [0.717, 1.165) is 26.0 Å². The number of benzene rings is 2. The Hall–Kier alpha value is -4.16. The van der Waals surface area contributed by atoms with Crippen LogP contribution in [0.2, 0.25) is 0 Å². The molecule has 3 aliphatic rings. The first kappa shape index (κ1) is 34.2. The number of aliphatic hydroxyl groups is 5. The number of aliphatic hydroxyl groups excluding tert-OH is 5. The second kappa shape index (κ2) is 13.2. The van der Waals surface area contributed by atoms with Crippen LogP contribution in [-0.4, -0.2) is 122 Å². The van der Waals surface area contributed by atoms with Crippen LogP contribution in [0.25, 0.3) is 0 Å². The lowest BCUT2D eigenvalue weighted by Crippen LogP contribution is -2.61. The van der Waals surface area contributed by atoms with Gasteiger partial charge in [0.15, 0.2) is 11.9 Å². The number of ether oxygens (including phenoxy) is 6. The molecule has 2 saturated heterocycles. The first-order valence-electron chi connectivity index (χ1n) is 14.6. The summed E-state index contributed by atoms with van der Waals surface area (Å²) in [5.41, 5.74) is -0.644. The lowest BCUT2D eigenvalue weighted by atomic mass is 9.82. The van der Waals surface area contributed by atoms with E-state index in [-0.39, 0.29) is 28.0 Å². The third kappa shape index (κ3) is 6.40. The minimum Gasteiger partial charge on any atom is -0.507 e. The van der Waals surface area contributed by atoms with E-state index >= 15 is 0 Å². The van der Waals surface area contributed by atoms with Crippen LogP contribution in [0, 0.1) is 6.92 Å². The number of rotatable bonds is 7. The number of esters is 2. The standard InChI is InChI=1S/C31H34O16/c1-10-5-15-20(17(35)6-10)25(39)21-16(23(15)37)7-14(8-18(21)46-30-27(41)26(40)24(38)19(9-32)47-30)45-31-29(44-13(4)34)28(43-12(3)33)22(36)11(2)42-31/h5-8,11,19,22,24,26-32,35-36,38,40-41H,9H2,1-4H3/t11-,19+,22-,24+,26-,27+,28+,29+,30+,31-/m0/s1. The molecule has 0 amide bonds. The zero-order valence-corrected chi connectivity index (χ0v) is 25.6. The van der Waals surface area contributed by atoms with Crippen molar-refractivity contribution in [2.45, 2.75) is 89.1 Å². The molecule has 0 aromatic heterocycles. The number of carbonyl (C=O) groups is 4. The summed E-state index contributed by atoms with van der Waals surface area (Å²) in [5.74, 6) is -4.39. The van der Waals surface area contributed by atoms with Gasteiger partial charge in [-0.15, -0.1) is 0 Å². The molecule has 2 heterocycles. The van der Waals surface area contributed by atoms with Gasteiger partial charge in [-0.1, -0.05) is 0 Å². The number of aryl methyl sites for hydroxylation is 1. The quantitative estimate of drug-likeness (QED) is 0.166. The number of carbonyl (C=O) groups excluding carboxylic acids is 4. The highest BCUT2D eigenvalue weighted by Crippen LogP contribution is 2.42. The van der Waals surface area contributed by atoms with E-state index in [2.05, 4.69) is 0 Å². The summed E-state index contributed by atoms with van der Waals surface area (Å²) in [6.45, 7) is 4.41. The van der Waals surface area contributed by atoms with Crippen molar-refractivity contribution in [3.05, 3.63) is 52.1 Å². The van der Waals surface area contributed by atoms with Crippen molar-refractivity contribution in [3.63, 3.8) is 0 Å². The predicted molar refractivity (Wildman–Crippen MR) is 153 cm³/mol. The van der Waals surface area contributed by atoms with E-state index in [1.165, 1.54) is 19.1 Å². The van der Waals surface area contributed by atoms with Crippen LogP contribution < -0.4 is 9.47 Å². The first-order chi connectivity index (χ1) is 22.1. The number of aromatic hydroxyl groups is 1. The maximum absolute atomic E-state index is 13.8. The van der Waals surface area contributed by atoms with Gasteiger partial charge in [-0.3, -0.25) is 19.2 Å². The van der Waals surface area contributed by atoms with Gasteiger partial charge in [0.25, 0.3) is 0 Å². The van der Waals surface area contributed by atoms with Gasteiger partial charge in [-0.05, 0) is 37.6 Å². The largest absolute Gasteiger partial charge is 0.507 e. The van der Waals surface area contributed by atoms with E-state index in [1.54, 1.807) is 6.92 Å². The second-order valence-corrected chi connectivity index (χ2v) is 11.5. The van der Waals surface area contributed by atoms with Crippen molar-refractivity contribution in [2.24, 2.45) is 0 Å². The van der Waals surface area contributed by atoms with Crippen LogP contribution in [0.5, 0.6) is 17.2 Å². The predicted octanol–water partition coefficient (Wildman–Crippen LogP) is -0.997. The lowest BCUT2D eigenvalue weighted by Gasteiger charge is -2.42. The Morgan fingerprint density at radius 1 is 0.766 bits per heavy atom. The number of ketones is 2. The molecule has 16 heteroatoms. The van der Waals surface area contributed by atoms with Crippen LogP contribution in [0.15, 0.2) is 24.3 Å². The molecule has 2 aliphatic heterocycles. The SMILES string of the molecule is CC(=O)O[C@@H]1[C@@H](O)[C@H](C)O[C@@H](Oc2cc(O[C@@H]3O[C@H](CO)[C@@H](O)[C@H](O)[C@H]3O)c3c(c2)C(=O)c2cc(C)cc(O)c2C3=O)[C@@H]1OC(C)=O. The van der Waals surface area contributed by atoms with Crippen molar-refractivity contribution in [2.75, 3.05) is 6.61 Å². The van der Waals surface area contributed by atoms with Crippen molar-refractivity contribution < 1.29 is 78.2 Å². The summed E-state index contributed by atoms with van der Waals surface area (Å²) in [6, 6.07) is 4.93. The van der Waals surface area contributed by atoms with Crippen LogP contribution in [0.4, 0.5) is 0 Å². The van der Waals surface area contributed by atoms with Crippen molar-refractivity contribution >= 4 is 23.5 Å². The Morgan fingerprint density at radius 3 is 2.04 bits per heavy atom. The Kier molecular flexibility index (Phi) is 9.57. The van der Waals surface area contributed by atoms with E-state index in [4.69, 9.17) is 28.4 Å². The lowest BCUT2D eigenvalue weighted by molar-refractivity contribution is -0.278. The highest BCUT2D eigenvalue weighted by Gasteiger charge is 2.50. The number of phenols is 1. The molecule has 0 radical (unpaired) electrons. The molecule has 16 nitrogen and oxygen atoms in total. The smallest absolute Gasteiger partial charge is 0.303 e. The minimum absolute atomic E-state index is 0.130. The van der Waals surface area contributed by atoms with Gasteiger partial charge in [-0.2, -0.15) is 0 Å². The summed E-state index contributed by atoms with van der Waals surface area (Å²) < 4.78 is 33.6. The van der Waals surface area contributed by atoms with Crippen molar-refractivity contribution in [1.82, 2.24) is 0 Å². The maximum atomic E-state index is 13.8. The van der Waals surface area contributed by atoms with Crippen LogP contribution in [0.3, 0.4) is 0 Å². The monoisotopic (exact) mass is 662 g/mol. The molecule has 47 heavy (non-hydrogen) atoms. The highest BCUT2D eigenvalue weighted by molar-refractivity contribution is 6.30. The summed E-state index contributed by atoms with van der Waals surface area (Å²) in [5, 5.41) is 62.1. The Balaban J connectivity index is 1.61. The van der Waals surface area contributed by atoms with Gasteiger partial charge >= 0.3 is 11.9 Å². The molecular formula is C31H34O16. The number of fused-ring (bicyclic) bond motifs is 2. The Bertz CT molecular complexity index is 1590. The van der Waals surface area contributed by atoms with E-state index < -0.39 is 103 Å². The van der Waals surface area contributed by atoms with Crippen LogP contribution in [-0.2, 0) is 28.5 Å². The average Bonchev–Trinajstić information content (AvgIpc) is 2.99. The number of phenolic OH excluding ortho intramolecular Hbond substituents is 1. The van der Waals surface area contributed by atoms with Crippen LogP contribution in [0.1, 0.15) is 58.2 Å². The Labute approximate surface area is 266 Å². The molecule has 0 unspecified atom stereocenters. The van der Waals surface area contributed by atoms with E-state index in [9.17, 15) is 49.8 Å². The first-order valence-corrected chi connectivity index (χ1v) is 14.6. The molecule has 1 aliphatic carbocycles. The van der Waals surface area contributed by atoms with Crippen LogP contribution >= 0.6 is 0 Å². The maximum Gasteiger partial charge on any atom is 0.303 e. The summed E-state index contributed by atoms with van der Waals surface area (Å²) in [7, 11) is 0. The Morgan fingerprint density at radius 2 is 1.40 bits per heavy atom. The highest BCUT2D eigenvalue weighted by atomic mass is 16.7. The van der Waals surface area contributed by atoms with Gasteiger partial charge in [0.05, 0.1) is 23.8 Å². The minimum atomic E-state index is -1.91. The van der Waals surface area contributed by atoms with E-state index in [1.807, 2.05) is 0 Å². The fourth-order valence-electron chi connectivity index (χ4n) is 5.77. The third-order valence-corrected chi connectivity index (χ3v) is 7.99. The van der Waals surface area contributed by atoms with Gasteiger partial charge in [0.2, 0.25) is 24.5 Å². The molecule has 6 N–H and O–H groups in total. The molecule has 2 aromatic carbocycles. The summed E-state index contributed by atoms with van der Waals surface area (Å²) >= 11 is 0. The second-order valence-electron chi connectivity index (χ2n) is 11.5. The number of hydrogen-bond donors (Lipinski definition) is 6. The fourth-order valence-corrected chi connectivity index (χ4v) is 5.77. The molecule has 0 saturated carbocycles. The molecule has 2 fully saturated rings. The van der Waals surface area contributed by atoms with Gasteiger partial charge < -0.3 is 59.1 Å². The number of hydrogen-bond acceptors (Lipinski definition) is 16. The topological polar surface area (TPSA) is 245 Å². The third-order valence-electron chi connectivity index (χ3n) is 7.99. The molecule has 10 atom stereocenters. The zero-order chi connectivity index (χ0) is 34.5. The van der Waals surface area contributed by atoms with Crippen molar-refractivity contribution in [3.8, 4) is 17.2 Å². The van der Waals surface area contributed by atoms with Gasteiger partial charge in [0, 0.05) is 31.0 Å². The fraction of sp³-hybridized carbons (Fsp3) is 0.484. The summed E-state index contributed by atoms with van der Waals surface area (Å²) in [4.78, 5) is 51.5. The van der Waals surface area contributed by atoms with Crippen molar-refractivity contribution in [1.29, 1.82) is 0 Å². The van der Waals surface area contributed by atoms with Gasteiger partial charge in [0.1, 0.15) is 47.8 Å². The summed E-state index contributed by atoms with van der Waals surface area (Å²) in [6.07, 6.45) is -15.7. The molecule has 0 spiro atoms. The van der Waals surface area contributed by atoms with E-state index in [0.29, 0.717) is 5.56 Å². The normalized spacial score (nSPS) is 31.8. The zero-order valence-electron chi connectivity index (χ0n) is 25.6. The average molecular weight is 663 g/mol. The molecular weight excluding hydrogens is 628 g/mol. The molecule has 254 valence electrons.